The van der Waals surface area contributed by atoms with Crippen LogP contribution in [-0.2, 0) is 0 Å². The monoisotopic (exact) mass is 212 g/mol. The summed E-state index contributed by atoms with van der Waals surface area (Å²) in [5.41, 5.74) is 0.544. The minimum Gasteiger partial charge on any atom is -0.316 e. The summed E-state index contributed by atoms with van der Waals surface area (Å²) in [6, 6.07) is 0. The van der Waals surface area contributed by atoms with Crippen molar-refractivity contribution < 1.29 is 0 Å². The van der Waals surface area contributed by atoms with E-state index in [1.54, 1.807) is 0 Å². The summed E-state index contributed by atoms with van der Waals surface area (Å²) in [6.07, 6.45) is 4.06. The summed E-state index contributed by atoms with van der Waals surface area (Å²) in [4.78, 5) is 2.52. The number of hydrogen-bond donors (Lipinski definition) is 1. The standard InChI is InChI=1S/C13H28N2/c1-5-13(7-6-8-14-10-13)11-15(4)9-12(2)3/h12,14H,5-11H2,1-4H3. The second-order valence-corrected chi connectivity index (χ2v) is 5.72. The number of hydrogen-bond acceptors (Lipinski definition) is 2. The minimum atomic E-state index is 0.544. The van der Waals surface area contributed by atoms with E-state index in [-0.39, 0.29) is 0 Å². The molecule has 1 unspecified atom stereocenters. The van der Waals surface area contributed by atoms with Crippen LogP contribution in [0.5, 0.6) is 0 Å². The second-order valence-electron chi connectivity index (χ2n) is 5.72. The summed E-state index contributed by atoms with van der Waals surface area (Å²) < 4.78 is 0. The summed E-state index contributed by atoms with van der Waals surface area (Å²) in [6.45, 7) is 11.9. The average Bonchev–Trinajstić information content (AvgIpc) is 2.17. The van der Waals surface area contributed by atoms with Crippen LogP contribution in [-0.4, -0.2) is 38.1 Å². The van der Waals surface area contributed by atoms with Gasteiger partial charge in [-0.2, -0.15) is 0 Å². The number of rotatable bonds is 5. The summed E-state index contributed by atoms with van der Waals surface area (Å²) in [5, 5.41) is 3.56. The fourth-order valence-corrected chi connectivity index (χ4v) is 2.84. The zero-order valence-electron chi connectivity index (χ0n) is 11.0. The molecule has 1 aliphatic heterocycles. The number of nitrogens with one attached hydrogen (secondary N) is 1. The van der Waals surface area contributed by atoms with Crippen molar-refractivity contribution in [2.75, 3.05) is 33.2 Å². The molecule has 0 spiro atoms. The van der Waals surface area contributed by atoms with Gasteiger partial charge in [-0.25, -0.2) is 0 Å². The zero-order chi connectivity index (χ0) is 11.3. The predicted octanol–water partition coefficient (Wildman–Crippen LogP) is 2.35. The van der Waals surface area contributed by atoms with E-state index < -0.39 is 0 Å². The molecule has 0 saturated carbocycles. The molecular weight excluding hydrogens is 184 g/mol. The molecule has 1 saturated heterocycles. The molecule has 15 heavy (non-hydrogen) atoms. The van der Waals surface area contributed by atoms with Crippen LogP contribution in [0.25, 0.3) is 0 Å². The van der Waals surface area contributed by atoms with Crippen molar-refractivity contribution in [1.29, 1.82) is 0 Å². The Hall–Kier alpha value is -0.0800. The van der Waals surface area contributed by atoms with Crippen LogP contribution in [0.1, 0.15) is 40.0 Å². The highest BCUT2D eigenvalue weighted by molar-refractivity contribution is 4.86. The van der Waals surface area contributed by atoms with Gasteiger partial charge in [0.25, 0.3) is 0 Å². The Morgan fingerprint density at radius 3 is 2.60 bits per heavy atom. The number of nitrogens with zero attached hydrogens (tertiary/aromatic N) is 1. The minimum absolute atomic E-state index is 0.544. The van der Waals surface area contributed by atoms with Gasteiger partial charge in [-0.05, 0) is 44.2 Å². The van der Waals surface area contributed by atoms with Gasteiger partial charge in [0.2, 0.25) is 0 Å². The zero-order valence-corrected chi connectivity index (χ0v) is 11.0. The van der Waals surface area contributed by atoms with Crippen molar-refractivity contribution in [3.8, 4) is 0 Å². The van der Waals surface area contributed by atoms with Crippen molar-refractivity contribution in [2.24, 2.45) is 11.3 Å². The molecule has 0 radical (unpaired) electrons. The molecule has 1 rings (SSSR count). The lowest BCUT2D eigenvalue weighted by atomic mass is 9.78. The molecule has 0 bridgehead atoms. The first-order valence-corrected chi connectivity index (χ1v) is 6.47. The van der Waals surface area contributed by atoms with Crippen molar-refractivity contribution in [3.05, 3.63) is 0 Å². The topological polar surface area (TPSA) is 15.3 Å². The van der Waals surface area contributed by atoms with Gasteiger partial charge >= 0.3 is 0 Å². The van der Waals surface area contributed by atoms with Gasteiger partial charge < -0.3 is 10.2 Å². The van der Waals surface area contributed by atoms with Crippen molar-refractivity contribution >= 4 is 0 Å². The molecule has 1 atom stereocenters. The van der Waals surface area contributed by atoms with E-state index >= 15 is 0 Å². The van der Waals surface area contributed by atoms with E-state index in [0.717, 1.165) is 5.92 Å². The lowest BCUT2D eigenvalue weighted by Gasteiger charge is -2.40. The molecule has 1 fully saturated rings. The van der Waals surface area contributed by atoms with E-state index in [9.17, 15) is 0 Å². The van der Waals surface area contributed by atoms with Crippen LogP contribution < -0.4 is 5.32 Å². The first-order chi connectivity index (χ1) is 7.08. The Morgan fingerprint density at radius 2 is 2.13 bits per heavy atom. The third-order valence-corrected chi connectivity index (χ3v) is 3.59. The highest BCUT2D eigenvalue weighted by Gasteiger charge is 2.31. The Kier molecular flexibility index (Phi) is 5.07. The third-order valence-electron chi connectivity index (χ3n) is 3.59. The van der Waals surface area contributed by atoms with Crippen LogP contribution in [0.2, 0.25) is 0 Å². The van der Waals surface area contributed by atoms with Gasteiger partial charge in [-0.1, -0.05) is 20.8 Å². The van der Waals surface area contributed by atoms with Crippen molar-refractivity contribution in [3.63, 3.8) is 0 Å². The Bertz CT molecular complexity index is 171. The summed E-state index contributed by atoms with van der Waals surface area (Å²) in [5.74, 6) is 0.778. The maximum absolute atomic E-state index is 3.56. The molecule has 90 valence electrons. The first kappa shape index (κ1) is 13.0. The van der Waals surface area contributed by atoms with Crippen LogP contribution in [0.4, 0.5) is 0 Å². The molecule has 0 aromatic rings. The van der Waals surface area contributed by atoms with E-state index in [0.29, 0.717) is 5.41 Å². The molecule has 0 aromatic carbocycles. The number of piperidine rings is 1. The van der Waals surface area contributed by atoms with Gasteiger partial charge in [0.15, 0.2) is 0 Å². The van der Waals surface area contributed by atoms with Gasteiger partial charge in [-0.15, -0.1) is 0 Å². The first-order valence-electron chi connectivity index (χ1n) is 6.47. The molecule has 0 aliphatic carbocycles. The summed E-state index contributed by atoms with van der Waals surface area (Å²) in [7, 11) is 2.27. The molecule has 0 amide bonds. The second kappa shape index (κ2) is 5.86. The maximum Gasteiger partial charge on any atom is 0.00471 e. The smallest absolute Gasteiger partial charge is 0.00471 e. The van der Waals surface area contributed by atoms with Crippen molar-refractivity contribution in [1.82, 2.24) is 10.2 Å². The Morgan fingerprint density at radius 1 is 1.40 bits per heavy atom. The van der Waals surface area contributed by atoms with Crippen LogP contribution in [0.3, 0.4) is 0 Å². The lowest BCUT2D eigenvalue weighted by molar-refractivity contribution is 0.121. The van der Waals surface area contributed by atoms with Gasteiger partial charge in [0.05, 0.1) is 0 Å². The molecule has 0 aromatic heterocycles. The van der Waals surface area contributed by atoms with Gasteiger partial charge in [0, 0.05) is 19.6 Å². The Balaban J connectivity index is 2.43. The molecule has 2 nitrogen and oxygen atoms in total. The van der Waals surface area contributed by atoms with Crippen LogP contribution in [0.15, 0.2) is 0 Å². The van der Waals surface area contributed by atoms with Crippen molar-refractivity contribution in [2.45, 2.75) is 40.0 Å². The molecule has 2 heteroatoms. The largest absolute Gasteiger partial charge is 0.316 e. The molecule has 1 aliphatic rings. The van der Waals surface area contributed by atoms with E-state index in [2.05, 4.69) is 38.0 Å². The van der Waals surface area contributed by atoms with Gasteiger partial charge in [0.1, 0.15) is 0 Å². The molecule has 1 N–H and O–H groups in total. The fraction of sp³-hybridized carbons (Fsp3) is 1.00. The predicted molar refractivity (Wildman–Crippen MR) is 67.2 cm³/mol. The molecule has 1 heterocycles. The SMILES string of the molecule is CCC1(CN(C)CC(C)C)CCCNC1. The highest BCUT2D eigenvalue weighted by Crippen LogP contribution is 2.30. The maximum atomic E-state index is 3.56. The van der Waals surface area contributed by atoms with E-state index in [1.807, 2.05) is 0 Å². The quantitative estimate of drug-likeness (QED) is 0.752. The molecular formula is C13H28N2. The Labute approximate surface area is 95.4 Å². The average molecular weight is 212 g/mol. The van der Waals surface area contributed by atoms with Gasteiger partial charge in [-0.3, -0.25) is 0 Å². The van der Waals surface area contributed by atoms with E-state index in [1.165, 1.54) is 45.4 Å². The van der Waals surface area contributed by atoms with Crippen LogP contribution in [0, 0.1) is 11.3 Å². The fourth-order valence-electron chi connectivity index (χ4n) is 2.84. The van der Waals surface area contributed by atoms with E-state index in [4.69, 9.17) is 0 Å². The highest BCUT2D eigenvalue weighted by atomic mass is 15.1. The normalized spacial score (nSPS) is 27.6. The summed E-state index contributed by atoms with van der Waals surface area (Å²) >= 11 is 0. The van der Waals surface area contributed by atoms with Crippen LogP contribution >= 0.6 is 0 Å². The lowest BCUT2D eigenvalue weighted by Crippen LogP contribution is -2.47. The third kappa shape index (κ3) is 4.12.